The van der Waals surface area contributed by atoms with Crippen molar-refractivity contribution in [3.8, 4) is 0 Å². The Morgan fingerprint density at radius 2 is 1.88 bits per heavy atom. The van der Waals surface area contributed by atoms with E-state index in [0.29, 0.717) is 16.4 Å². The van der Waals surface area contributed by atoms with Crippen molar-refractivity contribution < 1.29 is 4.79 Å². The SMILES string of the molecule is CCN1CCN(c2ccc(NC(=O)Nc3cccc(Cl)c3)cn2)CC1. The van der Waals surface area contributed by atoms with E-state index in [-0.39, 0.29) is 6.03 Å². The van der Waals surface area contributed by atoms with Gasteiger partial charge in [-0.1, -0.05) is 24.6 Å². The molecule has 3 rings (SSSR count). The smallest absolute Gasteiger partial charge is 0.323 e. The molecule has 1 aromatic carbocycles. The average molecular weight is 360 g/mol. The zero-order valence-electron chi connectivity index (χ0n) is 14.2. The van der Waals surface area contributed by atoms with Gasteiger partial charge in [0, 0.05) is 36.9 Å². The van der Waals surface area contributed by atoms with E-state index >= 15 is 0 Å². The molecule has 2 heterocycles. The molecule has 132 valence electrons. The van der Waals surface area contributed by atoms with Crippen LogP contribution in [0.15, 0.2) is 42.6 Å². The minimum absolute atomic E-state index is 0.326. The van der Waals surface area contributed by atoms with Gasteiger partial charge in [0.25, 0.3) is 0 Å². The van der Waals surface area contributed by atoms with E-state index in [1.165, 1.54) is 0 Å². The summed E-state index contributed by atoms with van der Waals surface area (Å²) in [5.74, 6) is 0.941. The molecule has 0 radical (unpaired) electrons. The number of carbonyl (C=O) groups is 1. The zero-order chi connectivity index (χ0) is 17.6. The number of hydrogen-bond donors (Lipinski definition) is 2. The molecule has 2 amide bonds. The molecular formula is C18H22ClN5O. The van der Waals surface area contributed by atoms with Crippen LogP contribution in [0.25, 0.3) is 0 Å². The van der Waals surface area contributed by atoms with Crippen molar-refractivity contribution in [1.82, 2.24) is 9.88 Å². The summed E-state index contributed by atoms with van der Waals surface area (Å²) >= 11 is 5.91. The Balaban J connectivity index is 1.54. The molecule has 1 saturated heterocycles. The third-order valence-corrected chi connectivity index (χ3v) is 4.47. The number of pyridine rings is 1. The molecular weight excluding hydrogens is 338 g/mol. The molecule has 0 saturated carbocycles. The van der Waals surface area contributed by atoms with Gasteiger partial charge in [-0.2, -0.15) is 0 Å². The largest absolute Gasteiger partial charge is 0.354 e. The third-order valence-electron chi connectivity index (χ3n) is 4.23. The van der Waals surface area contributed by atoms with Crippen LogP contribution >= 0.6 is 11.6 Å². The zero-order valence-corrected chi connectivity index (χ0v) is 15.0. The number of halogens is 1. The van der Waals surface area contributed by atoms with Crippen LogP contribution in [0.1, 0.15) is 6.92 Å². The van der Waals surface area contributed by atoms with E-state index in [1.54, 1.807) is 30.5 Å². The fraction of sp³-hybridized carbons (Fsp3) is 0.333. The standard InChI is InChI=1S/C18H22ClN5O/c1-2-23-8-10-24(11-9-23)17-7-6-16(13-20-17)22-18(25)21-15-5-3-4-14(19)12-15/h3-7,12-13H,2,8-11H2,1H3,(H2,21,22,25). The molecule has 1 fully saturated rings. The second-order valence-electron chi connectivity index (χ2n) is 5.92. The van der Waals surface area contributed by atoms with Crippen LogP contribution in [-0.4, -0.2) is 48.6 Å². The summed E-state index contributed by atoms with van der Waals surface area (Å²) in [5, 5.41) is 6.09. The lowest BCUT2D eigenvalue weighted by Crippen LogP contribution is -2.46. The first kappa shape index (κ1) is 17.5. The summed E-state index contributed by atoms with van der Waals surface area (Å²) in [6.45, 7) is 7.33. The van der Waals surface area contributed by atoms with Gasteiger partial charge in [0.15, 0.2) is 0 Å². The summed E-state index contributed by atoms with van der Waals surface area (Å²) in [5.41, 5.74) is 1.29. The minimum Gasteiger partial charge on any atom is -0.354 e. The quantitative estimate of drug-likeness (QED) is 0.876. The van der Waals surface area contributed by atoms with E-state index in [9.17, 15) is 4.79 Å². The number of benzene rings is 1. The van der Waals surface area contributed by atoms with Gasteiger partial charge in [-0.05, 0) is 36.9 Å². The van der Waals surface area contributed by atoms with Gasteiger partial charge in [-0.15, -0.1) is 0 Å². The first-order valence-corrected chi connectivity index (χ1v) is 8.79. The number of aromatic nitrogens is 1. The van der Waals surface area contributed by atoms with Crippen molar-refractivity contribution in [2.45, 2.75) is 6.92 Å². The minimum atomic E-state index is -0.326. The molecule has 2 N–H and O–H groups in total. The summed E-state index contributed by atoms with van der Waals surface area (Å²) in [6, 6.07) is 10.5. The van der Waals surface area contributed by atoms with Gasteiger partial charge < -0.3 is 20.4 Å². The molecule has 0 spiro atoms. The topological polar surface area (TPSA) is 60.5 Å². The van der Waals surface area contributed by atoms with Gasteiger partial charge in [-0.25, -0.2) is 9.78 Å². The Bertz CT molecular complexity index is 714. The van der Waals surface area contributed by atoms with Crippen LogP contribution < -0.4 is 15.5 Å². The molecule has 1 aliphatic rings. The molecule has 25 heavy (non-hydrogen) atoms. The summed E-state index contributed by atoms with van der Waals surface area (Å²) in [7, 11) is 0. The number of amides is 2. The number of rotatable bonds is 4. The van der Waals surface area contributed by atoms with E-state index in [2.05, 4.69) is 32.3 Å². The number of anilines is 3. The fourth-order valence-electron chi connectivity index (χ4n) is 2.80. The highest BCUT2D eigenvalue weighted by molar-refractivity contribution is 6.30. The highest BCUT2D eigenvalue weighted by atomic mass is 35.5. The van der Waals surface area contributed by atoms with Gasteiger partial charge in [0.05, 0.1) is 11.9 Å². The Kier molecular flexibility index (Phi) is 5.73. The summed E-state index contributed by atoms with van der Waals surface area (Å²) in [4.78, 5) is 21.2. The number of nitrogens with zero attached hydrogens (tertiary/aromatic N) is 3. The van der Waals surface area contributed by atoms with Gasteiger partial charge in [0.1, 0.15) is 5.82 Å². The molecule has 0 atom stereocenters. The number of piperazine rings is 1. The Morgan fingerprint density at radius 1 is 1.12 bits per heavy atom. The highest BCUT2D eigenvalue weighted by Gasteiger charge is 2.16. The summed E-state index contributed by atoms with van der Waals surface area (Å²) in [6.07, 6.45) is 1.68. The predicted molar refractivity (Wildman–Crippen MR) is 103 cm³/mol. The normalized spacial score (nSPS) is 15.0. The molecule has 0 bridgehead atoms. The van der Waals surface area contributed by atoms with Crippen LogP contribution in [0.5, 0.6) is 0 Å². The van der Waals surface area contributed by atoms with E-state index in [0.717, 1.165) is 38.5 Å². The lowest BCUT2D eigenvalue weighted by molar-refractivity contribution is 0.262. The van der Waals surface area contributed by atoms with E-state index in [4.69, 9.17) is 11.6 Å². The maximum absolute atomic E-state index is 12.0. The predicted octanol–water partition coefficient (Wildman–Crippen LogP) is 3.52. The molecule has 7 heteroatoms. The summed E-state index contributed by atoms with van der Waals surface area (Å²) < 4.78 is 0. The van der Waals surface area contributed by atoms with Crippen molar-refractivity contribution >= 4 is 34.8 Å². The number of likely N-dealkylation sites (N-methyl/N-ethyl adjacent to an activating group) is 1. The average Bonchev–Trinajstić information content (AvgIpc) is 2.62. The maximum Gasteiger partial charge on any atom is 0.323 e. The van der Waals surface area contributed by atoms with Crippen molar-refractivity contribution in [3.63, 3.8) is 0 Å². The number of carbonyl (C=O) groups excluding carboxylic acids is 1. The Morgan fingerprint density at radius 3 is 2.52 bits per heavy atom. The van der Waals surface area contributed by atoms with Crippen LogP contribution in [0.2, 0.25) is 5.02 Å². The lowest BCUT2D eigenvalue weighted by Gasteiger charge is -2.34. The number of urea groups is 1. The molecule has 2 aromatic rings. The molecule has 0 aliphatic carbocycles. The van der Waals surface area contributed by atoms with Crippen LogP contribution in [0.4, 0.5) is 22.0 Å². The maximum atomic E-state index is 12.0. The van der Waals surface area contributed by atoms with Gasteiger partial charge in [-0.3, -0.25) is 0 Å². The van der Waals surface area contributed by atoms with Crippen molar-refractivity contribution in [2.75, 3.05) is 48.3 Å². The second-order valence-corrected chi connectivity index (χ2v) is 6.35. The van der Waals surface area contributed by atoms with Crippen molar-refractivity contribution in [1.29, 1.82) is 0 Å². The van der Waals surface area contributed by atoms with Crippen LogP contribution in [0.3, 0.4) is 0 Å². The molecule has 0 unspecified atom stereocenters. The Hall–Kier alpha value is -2.31. The fourth-order valence-corrected chi connectivity index (χ4v) is 2.99. The van der Waals surface area contributed by atoms with E-state index in [1.807, 2.05) is 12.1 Å². The monoisotopic (exact) mass is 359 g/mol. The van der Waals surface area contributed by atoms with E-state index < -0.39 is 0 Å². The molecule has 6 nitrogen and oxygen atoms in total. The van der Waals surface area contributed by atoms with Crippen molar-refractivity contribution in [2.24, 2.45) is 0 Å². The first-order chi connectivity index (χ1) is 12.1. The third kappa shape index (κ3) is 4.84. The Labute approximate surface area is 152 Å². The van der Waals surface area contributed by atoms with Crippen LogP contribution in [-0.2, 0) is 0 Å². The highest BCUT2D eigenvalue weighted by Crippen LogP contribution is 2.18. The van der Waals surface area contributed by atoms with Crippen molar-refractivity contribution in [3.05, 3.63) is 47.6 Å². The first-order valence-electron chi connectivity index (χ1n) is 8.41. The van der Waals surface area contributed by atoms with Gasteiger partial charge >= 0.3 is 6.03 Å². The van der Waals surface area contributed by atoms with Crippen LogP contribution in [0, 0.1) is 0 Å². The number of nitrogens with one attached hydrogen (secondary N) is 2. The number of hydrogen-bond acceptors (Lipinski definition) is 4. The molecule has 1 aliphatic heterocycles. The lowest BCUT2D eigenvalue weighted by atomic mass is 10.3. The second kappa shape index (κ2) is 8.18. The molecule has 1 aromatic heterocycles. The van der Waals surface area contributed by atoms with Gasteiger partial charge in [0.2, 0.25) is 0 Å².